The standard InChI is InChI=1S/C8H5FN2O/c9-6-2-1-3-10-7(6)8-11-4-5-12-8/h1-5H. The molecule has 60 valence electrons. The van der Waals surface area contributed by atoms with Crippen molar-refractivity contribution in [2.75, 3.05) is 0 Å². The molecule has 0 saturated heterocycles. The van der Waals surface area contributed by atoms with Crippen LogP contribution in [-0.2, 0) is 0 Å². The highest BCUT2D eigenvalue weighted by atomic mass is 19.1. The van der Waals surface area contributed by atoms with Crippen molar-refractivity contribution in [1.82, 2.24) is 9.97 Å². The first-order valence-electron chi connectivity index (χ1n) is 3.38. The van der Waals surface area contributed by atoms with Gasteiger partial charge in [0.2, 0.25) is 5.89 Å². The molecule has 0 unspecified atom stereocenters. The summed E-state index contributed by atoms with van der Waals surface area (Å²) in [6.07, 6.45) is 4.32. The molecule has 0 aliphatic heterocycles. The van der Waals surface area contributed by atoms with E-state index >= 15 is 0 Å². The van der Waals surface area contributed by atoms with E-state index in [1.165, 1.54) is 30.8 Å². The molecule has 3 nitrogen and oxygen atoms in total. The normalized spacial score (nSPS) is 10.1. The average Bonchev–Trinajstić information content (AvgIpc) is 2.57. The van der Waals surface area contributed by atoms with E-state index in [0.29, 0.717) is 0 Å². The summed E-state index contributed by atoms with van der Waals surface area (Å²) in [5.74, 6) is -0.229. The highest BCUT2D eigenvalue weighted by Crippen LogP contribution is 2.16. The van der Waals surface area contributed by atoms with Gasteiger partial charge in [0.15, 0.2) is 11.5 Å². The second-order valence-corrected chi connectivity index (χ2v) is 2.17. The van der Waals surface area contributed by atoms with Gasteiger partial charge in [0.05, 0.1) is 6.20 Å². The quantitative estimate of drug-likeness (QED) is 0.645. The SMILES string of the molecule is Fc1cccnc1-c1ncco1. The summed E-state index contributed by atoms with van der Waals surface area (Å²) in [6, 6.07) is 2.83. The van der Waals surface area contributed by atoms with Crippen LogP contribution in [0.3, 0.4) is 0 Å². The molecule has 0 radical (unpaired) electrons. The molecular weight excluding hydrogens is 159 g/mol. The summed E-state index contributed by atoms with van der Waals surface area (Å²) in [6.45, 7) is 0. The van der Waals surface area contributed by atoms with Gasteiger partial charge in [-0.3, -0.25) is 0 Å². The van der Waals surface area contributed by atoms with Gasteiger partial charge >= 0.3 is 0 Å². The molecule has 2 rings (SSSR count). The monoisotopic (exact) mass is 164 g/mol. The predicted molar refractivity (Wildman–Crippen MR) is 39.7 cm³/mol. The fraction of sp³-hybridized carbons (Fsp3) is 0. The lowest BCUT2D eigenvalue weighted by atomic mass is 10.3. The number of rotatable bonds is 1. The Bertz CT molecular complexity index is 372. The molecule has 0 aliphatic carbocycles. The minimum absolute atomic E-state index is 0.141. The van der Waals surface area contributed by atoms with Crippen LogP contribution in [0.4, 0.5) is 4.39 Å². The smallest absolute Gasteiger partial charge is 0.248 e. The van der Waals surface area contributed by atoms with E-state index in [2.05, 4.69) is 9.97 Å². The molecule has 0 N–H and O–H groups in total. The zero-order valence-electron chi connectivity index (χ0n) is 6.07. The van der Waals surface area contributed by atoms with E-state index in [-0.39, 0.29) is 11.6 Å². The molecule has 0 aliphatic rings. The first-order chi connectivity index (χ1) is 5.88. The van der Waals surface area contributed by atoms with Crippen molar-refractivity contribution < 1.29 is 8.81 Å². The molecule has 0 saturated carbocycles. The van der Waals surface area contributed by atoms with Crippen LogP contribution in [0.15, 0.2) is 35.2 Å². The van der Waals surface area contributed by atoms with Gasteiger partial charge in [0.1, 0.15) is 6.26 Å². The molecule has 0 atom stereocenters. The van der Waals surface area contributed by atoms with E-state index in [4.69, 9.17) is 4.42 Å². The largest absolute Gasteiger partial charge is 0.443 e. The Kier molecular flexibility index (Phi) is 1.59. The van der Waals surface area contributed by atoms with E-state index in [1.807, 2.05) is 0 Å². The van der Waals surface area contributed by atoms with Gasteiger partial charge in [-0.05, 0) is 12.1 Å². The summed E-state index contributed by atoms with van der Waals surface area (Å²) in [5, 5.41) is 0. The summed E-state index contributed by atoms with van der Waals surface area (Å²) in [7, 11) is 0. The van der Waals surface area contributed by atoms with Crippen molar-refractivity contribution in [3.05, 3.63) is 36.6 Å². The average molecular weight is 164 g/mol. The molecule has 0 amide bonds. The Morgan fingerprint density at radius 3 is 2.83 bits per heavy atom. The second kappa shape index (κ2) is 2.73. The highest BCUT2D eigenvalue weighted by molar-refractivity contribution is 5.46. The van der Waals surface area contributed by atoms with Crippen LogP contribution in [0.2, 0.25) is 0 Å². The number of nitrogens with zero attached hydrogens (tertiary/aromatic N) is 2. The van der Waals surface area contributed by atoms with E-state index in [1.54, 1.807) is 0 Å². The number of aromatic nitrogens is 2. The first kappa shape index (κ1) is 6.97. The fourth-order valence-electron chi connectivity index (χ4n) is 0.883. The van der Waals surface area contributed by atoms with Crippen LogP contribution in [-0.4, -0.2) is 9.97 Å². The summed E-state index contributed by atoms with van der Waals surface area (Å²) in [4.78, 5) is 7.57. The Balaban J connectivity index is 2.55. The summed E-state index contributed by atoms with van der Waals surface area (Å²) >= 11 is 0. The van der Waals surface area contributed by atoms with Gasteiger partial charge in [0, 0.05) is 6.20 Å². The maximum absolute atomic E-state index is 13.0. The van der Waals surface area contributed by atoms with Crippen molar-refractivity contribution in [3.8, 4) is 11.6 Å². The Morgan fingerprint density at radius 1 is 1.25 bits per heavy atom. The third kappa shape index (κ3) is 1.07. The second-order valence-electron chi connectivity index (χ2n) is 2.17. The van der Waals surface area contributed by atoms with Gasteiger partial charge in [-0.15, -0.1) is 0 Å². The number of hydrogen-bond donors (Lipinski definition) is 0. The zero-order valence-corrected chi connectivity index (χ0v) is 6.07. The zero-order chi connectivity index (χ0) is 8.39. The van der Waals surface area contributed by atoms with Crippen LogP contribution in [0, 0.1) is 5.82 Å². The lowest BCUT2D eigenvalue weighted by Crippen LogP contribution is -1.87. The van der Waals surface area contributed by atoms with Crippen LogP contribution in [0.25, 0.3) is 11.6 Å². The fourth-order valence-corrected chi connectivity index (χ4v) is 0.883. The van der Waals surface area contributed by atoms with Gasteiger partial charge in [-0.25, -0.2) is 14.4 Å². The van der Waals surface area contributed by atoms with Gasteiger partial charge in [-0.1, -0.05) is 0 Å². The lowest BCUT2D eigenvalue weighted by molar-refractivity contribution is 0.557. The number of hydrogen-bond acceptors (Lipinski definition) is 3. The number of oxazole rings is 1. The Labute approximate surface area is 67.9 Å². The summed E-state index contributed by atoms with van der Waals surface area (Å²) < 4.78 is 17.9. The van der Waals surface area contributed by atoms with Crippen LogP contribution >= 0.6 is 0 Å². The molecule has 12 heavy (non-hydrogen) atoms. The van der Waals surface area contributed by atoms with Crippen molar-refractivity contribution in [2.45, 2.75) is 0 Å². The summed E-state index contributed by atoms with van der Waals surface area (Å²) in [5.41, 5.74) is 0.141. The molecule has 4 heteroatoms. The van der Waals surface area contributed by atoms with E-state index in [9.17, 15) is 4.39 Å². The molecule has 2 aromatic rings. The minimum Gasteiger partial charge on any atom is -0.443 e. The Morgan fingerprint density at radius 2 is 2.17 bits per heavy atom. The van der Waals surface area contributed by atoms with Gasteiger partial charge in [-0.2, -0.15) is 0 Å². The third-order valence-corrected chi connectivity index (χ3v) is 1.39. The van der Waals surface area contributed by atoms with Crippen LogP contribution in [0.5, 0.6) is 0 Å². The minimum atomic E-state index is -0.431. The molecule has 0 spiro atoms. The lowest BCUT2D eigenvalue weighted by Gasteiger charge is -1.93. The molecule has 0 aromatic carbocycles. The molecule has 0 fully saturated rings. The first-order valence-corrected chi connectivity index (χ1v) is 3.38. The van der Waals surface area contributed by atoms with Gasteiger partial charge in [0.25, 0.3) is 0 Å². The van der Waals surface area contributed by atoms with Gasteiger partial charge < -0.3 is 4.42 Å². The molecule has 2 aromatic heterocycles. The van der Waals surface area contributed by atoms with Crippen molar-refractivity contribution >= 4 is 0 Å². The van der Waals surface area contributed by atoms with Crippen LogP contribution < -0.4 is 0 Å². The number of halogens is 1. The van der Waals surface area contributed by atoms with E-state index in [0.717, 1.165) is 0 Å². The van der Waals surface area contributed by atoms with E-state index < -0.39 is 5.82 Å². The molecular formula is C8H5FN2O. The topological polar surface area (TPSA) is 38.9 Å². The third-order valence-electron chi connectivity index (χ3n) is 1.39. The van der Waals surface area contributed by atoms with Crippen molar-refractivity contribution in [1.29, 1.82) is 0 Å². The maximum atomic E-state index is 13.0. The Hall–Kier alpha value is -1.71. The van der Waals surface area contributed by atoms with Crippen molar-refractivity contribution in [3.63, 3.8) is 0 Å². The highest BCUT2D eigenvalue weighted by Gasteiger charge is 2.08. The maximum Gasteiger partial charge on any atom is 0.248 e. The van der Waals surface area contributed by atoms with Crippen molar-refractivity contribution in [2.24, 2.45) is 0 Å². The molecule has 2 heterocycles. The number of pyridine rings is 1. The van der Waals surface area contributed by atoms with Crippen LogP contribution in [0.1, 0.15) is 0 Å². The molecule has 0 bridgehead atoms. The predicted octanol–water partition coefficient (Wildman–Crippen LogP) is 1.88.